The highest BCUT2D eigenvalue weighted by Crippen LogP contribution is 2.42. The number of benzene rings is 3. The van der Waals surface area contributed by atoms with Gasteiger partial charge in [0.1, 0.15) is 5.82 Å². The molecule has 7 heteroatoms. The van der Waals surface area contributed by atoms with E-state index in [4.69, 9.17) is 4.74 Å². The van der Waals surface area contributed by atoms with Crippen LogP contribution in [0.25, 0.3) is 0 Å². The molecule has 3 aromatic carbocycles. The molecule has 1 saturated heterocycles. The Morgan fingerprint density at radius 1 is 0.862 bits per heavy atom. The van der Waals surface area contributed by atoms with Crippen molar-refractivity contribution in [2.24, 2.45) is 0 Å². The zero-order valence-electron chi connectivity index (χ0n) is 15.5. The zero-order chi connectivity index (χ0) is 20.6. The van der Waals surface area contributed by atoms with Gasteiger partial charge in [-0.05, 0) is 36.8 Å². The molecule has 0 bridgehead atoms. The first kappa shape index (κ1) is 19.3. The van der Waals surface area contributed by atoms with Crippen molar-refractivity contribution in [3.05, 3.63) is 101 Å². The van der Waals surface area contributed by atoms with Crippen LogP contribution in [-0.2, 0) is 19.6 Å². The van der Waals surface area contributed by atoms with Crippen molar-refractivity contribution in [1.82, 2.24) is 4.31 Å². The van der Waals surface area contributed by atoms with Gasteiger partial charge in [0.2, 0.25) is 0 Å². The normalized spacial score (nSPS) is 19.5. The summed E-state index contributed by atoms with van der Waals surface area (Å²) in [5, 5.41) is 0. The third-order valence-electron chi connectivity index (χ3n) is 4.75. The molecular formula is C22H18FNO4S. The molecule has 0 N–H and O–H groups in total. The minimum absolute atomic E-state index is 0.000683. The molecular weight excluding hydrogens is 393 g/mol. The van der Waals surface area contributed by atoms with Crippen molar-refractivity contribution in [2.45, 2.75) is 24.2 Å². The van der Waals surface area contributed by atoms with E-state index in [1.54, 1.807) is 42.5 Å². The predicted octanol–water partition coefficient (Wildman–Crippen LogP) is 4.12. The van der Waals surface area contributed by atoms with Crippen LogP contribution in [-0.4, -0.2) is 18.6 Å². The molecule has 1 amide bonds. The van der Waals surface area contributed by atoms with Gasteiger partial charge in [0.15, 0.2) is 12.3 Å². The Morgan fingerprint density at radius 3 is 2.10 bits per heavy atom. The average Bonchev–Trinajstić information content (AvgIpc) is 3.07. The number of ether oxygens (including phenoxy) is 1. The molecule has 1 fully saturated rings. The summed E-state index contributed by atoms with van der Waals surface area (Å²) >= 11 is 0. The smallest absolute Gasteiger partial charge is 0.272 e. The summed E-state index contributed by atoms with van der Waals surface area (Å²) in [5.41, 5.74) is 1.82. The van der Waals surface area contributed by atoms with Gasteiger partial charge in [-0.25, -0.2) is 17.1 Å². The quantitative estimate of drug-likeness (QED) is 0.648. The highest BCUT2D eigenvalue weighted by Gasteiger charge is 2.48. The Hall–Kier alpha value is -3.03. The van der Waals surface area contributed by atoms with E-state index < -0.39 is 34.1 Å². The molecule has 0 aliphatic carbocycles. The number of carbonyl (C=O) groups is 1. The molecule has 0 unspecified atom stereocenters. The second-order valence-corrected chi connectivity index (χ2v) is 8.60. The molecule has 1 aliphatic rings. The van der Waals surface area contributed by atoms with E-state index in [2.05, 4.69) is 0 Å². The van der Waals surface area contributed by atoms with Crippen LogP contribution in [0, 0.1) is 12.7 Å². The molecule has 2 atom stereocenters. The number of carbonyl (C=O) groups excluding carboxylic acids is 1. The molecule has 148 valence electrons. The Labute approximate surface area is 168 Å². The van der Waals surface area contributed by atoms with Crippen molar-refractivity contribution in [3.8, 4) is 0 Å². The summed E-state index contributed by atoms with van der Waals surface area (Å²) in [6.07, 6.45) is -2.27. The van der Waals surface area contributed by atoms with Crippen molar-refractivity contribution >= 4 is 15.9 Å². The molecule has 29 heavy (non-hydrogen) atoms. The van der Waals surface area contributed by atoms with E-state index in [0.717, 1.165) is 9.87 Å². The molecule has 4 rings (SSSR count). The molecule has 0 radical (unpaired) electrons. The summed E-state index contributed by atoms with van der Waals surface area (Å²) in [6.45, 7) is 1.85. The van der Waals surface area contributed by atoms with Crippen LogP contribution in [0.5, 0.6) is 0 Å². The van der Waals surface area contributed by atoms with Crippen LogP contribution >= 0.6 is 0 Å². The lowest BCUT2D eigenvalue weighted by Gasteiger charge is -2.23. The largest absolute Gasteiger partial charge is 0.335 e. The number of halogens is 1. The van der Waals surface area contributed by atoms with E-state index in [1.807, 2.05) is 6.92 Å². The van der Waals surface area contributed by atoms with Crippen molar-refractivity contribution < 1.29 is 22.3 Å². The third-order valence-corrected chi connectivity index (χ3v) is 6.51. The fraction of sp³-hybridized carbons (Fsp3) is 0.136. The Kier molecular flexibility index (Phi) is 4.94. The molecule has 5 nitrogen and oxygen atoms in total. The number of sulfonamides is 1. The average molecular weight is 411 g/mol. The molecule has 3 aromatic rings. The Balaban J connectivity index is 1.80. The van der Waals surface area contributed by atoms with E-state index in [1.165, 1.54) is 36.4 Å². The van der Waals surface area contributed by atoms with Gasteiger partial charge in [-0.15, -0.1) is 0 Å². The maximum Gasteiger partial charge on any atom is 0.272 e. The van der Waals surface area contributed by atoms with Crippen molar-refractivity contribution in [2.75, 3.05) is 0 Å². The first-order chi connectivity index (χ1) is 13.9. The number of hydrogen-bond donors (Lipinski definition) is 0. The number of amides is 1. The SMILES string of the molecule is Cc1ccc(S(=O)(=O)N2C(=O)[C@H](c3ccc(F)cc3)O[C@H]2c2ccccc2)cc1. The second-order valence-electron chi connectivity index (χ2n) is 6.78. The highest BCUT2D eigenvalue weighted by atomic mass is 32.2. The van der Waals surface area contributed by atoms with Crippen LogP contribution in [0.2, 0.25) is 0 Å². The molecule has 0 spiro atoms. The van der Waals surface area contributed by atoms with Crippen LogP contribution < -0.4 is 0 Å². The van der Waals surface area contributed by atoms with Crippen LogP contribution in [0.4, 0.5) is 4.39 Å². The summed E-state index contributed by atoms with van der Waals surface area (Å²) in [7, 11) is -4.17. The maximum atomic E-state index is 13.3. The first-order valence-electron chi connectivity index (χ1n) is 8.99. The molecule has 0 aromatic heterocycles. The first-order valence-corrected chi connectivity index (χ1v) is 10.4. The highest BCUT2D eigenvalue weighted by molar-refractivity contribution is 7.89. The van der Waals surface area contributed by atoms with E-state index in [0.29, 0.717) is 11.1 Å². The van der Waals surface area contributed by atoms with Gasteiger partial charge in [-0.3, -0.25) is 4.79 Å². The number of hydrogen-bond acceptors (Lipinski definition) is 4. The number of nitrogens with zero attached hydrogens (tertiary/aromatic N) is 1. The van der Waals surface area contributed by atoms with Crippen LogP contribution in [0.3, 0.4) is 0 Å². The number of aryl methyl sites for hydroxylation is 1. The standard InChI is InChI=1S/C22H18FNO4S/c1-15-7-13-19(14-8-15)29(26,27)24-21(25)20(16-9-11-18(23)12-10-16)28-22(24)17-5-3-2-4-6-17/h2-14,20,22H,1H3/t20-,22-/m0/s1. The maximum absolute atomic E-state index is 13.3. The van der Waals surface area contributed by atoms with Gasteiger partial charge in [-0.2, -0.15) is 0 Å². The summed E-state index contributed by atoms with van der Waals surface area (Å²) in [6, 6.07) is 20.2. The van der Waals surface area contributed by atoms with Crippen LogP contribution in [0.1, 0.15) is 29.0 Å². The summed E-state index contributed by atoms with van der Waals surface area (Å²) in [4.78, 5) is 13.2. The minimum Gasteiger partial charge on any atom is -0.335 e. The molecule has 1 aliphatic heterocycles. The van der Waals surface area contributed by atoms with Gasteiger partial charge in [-0.1, -0.05) is 60.2 Å². The van der Waals surface area contributed by atoms with Crippen LogP contribution in [0.15, 0.2) is 83.8 Å². The fourth-order valence-electron chi connectivity index (χ4n) is 3.23. The monoisotopic (exact) mass is 411 g/mol. The lowest BCUT2D eigenvalue weighted by atomic mass is 10.1. The van der Waals surface area contributed by atoms with E-state index in [-0.39, 0.29) is 4.90 Å². The Morgan fingerprint density at radius 2 is 1.48 bits per heavy atom. The lowest BCUT2D eigenvalue weighted by molar-refractivity contribution is -0.127. The van der Waals surface area contributed by atoms with Gasteiger partial charge in [0.05, 0.1) is 4.90 Å². The van der Waals surface area contributed by atoms with Gasteiger partial charge in [0.25, 0.3) is 15.9 Å². The topological polar surface area (TPSA) is 63.7 Å². The zero-order valence-corrected chi connectivity index (χ0v) is 16.3. The molecule has 1 heterocycles. The van der Waals surface area contributed by atoms with E-state index in [9.17, 15) is 17.6 Å². The van der Waals surface area contributed by atoms with Crippen molar-refractivity contribution in [1.29, 1.82) is 0 Å². The third kappa shape index (κ3) is 3.54. The minimum atomic E-state index is -4.17. The van der Waals surface area contributed by atoms with Gasteiger partial charge < -0.3 is 4.74 Å². The summed E-state index contributed by atoms with van der Waals surface area (Å²) in [5.74, 6) is -1.17. The van der Waals surface area contributed by atoms with Gasteiger partial charge in [0, 0.05) is 5.56 Å². The molecule has 0 saturated carbocycles. The fourth-order valence-corrected chi connectivity index (χ4v) is 4.70. The lowest BCUT2D eigenvalue weighted by Crippen LogP contribution is -2.35. The predicted molar refractivity (Wildman–Crippen MR) is 105 cm³/mol. The Bertz CT molecular complexity index is 1130. The number of rotatable bonds is 4. The second kappa shape index (κ2) is 7.42. The van der Waals surface area contributed by atoms with Gasteiger partial charge >= 0.3 is 0 Å². The van der Waals surface area contributed by atoms with E-state index >= 15 is 0 Å². The van der Waals surface area contributed by atoms with Crippen molar-refractivity contribution in [3.63, 3.8) is 0 Å². The summed E-state index contributed by atoms with van der Waals surface area (Å²) < 4.78 is 46.7.